The number of hydrogen-bond donors (Lipinski definition) is 2. The van der Waals surface area contributed by atoms with Crippen molar-refractivity contribution in [1.29, 1.82) is 5.26 Å². The zero-order valence-electron chi connectivity index (χ0n) is 23.0. The van der Waals surface area contributed by atoms with E-state index in [1.807, 2.05) is 30.3 Å². The summed E-state index contributed by atoms with van der Waals surface area (Å²) in [6.07, 6.45) is 0. The minimum atomic E-state index is -0.833. The van der Waals surface area contributed by atoms with Crippen LogP contribution in [0, 0.1) is 11.3 Å². The summed E-state index contributed by atoms with van der Waals surface area (Å²) < 4.78 is 10.4. The largest absolute Gasteiger partial charge is 0.463 e. The third-order valence-corrected chi connectivity index (χ3v) is 7.61. The van der Waals surface area contributed by atoms with E-state index < -0.39 is 17.9 Å². The maximum atomic E-state index is 13.4. The van der Waals surface area contributed by atoms with E-state index in [1.54, 1.807) is 62.4 Å². The zero-order valence-corrected chi connectivity index (χ0v) is 24.6. The van der Waals surface area contributed by atoms with Crippen molar-refractivity contribution in [2.24, 2.45) is 0 Å². The first-order valence-electron chi connectivity index (χ1n) is 13.2. The first kappa shape index (κ1) is 30.4. The van der Waals surface area contributed by atoms with Crippen LogP contribution in [0.5, 0.6) is 0 Å². The predicted octanol–water partition coefficient (Wildman–Crippen LogP) is 6.28. The molecule has 3 aromatic carbocycles. The van der Waals surface area contributed by atoms with Gasteiger partial charge < -0.3 is 20.1 Å². The molecule has 0 saturated carbocycles. The Balaban J connectivity index is 1.67. The van der Waals surface area contributed by atoms with Gasteiger partial charge >= 0.3 is 11.9 Å². The van der Waals surface area contributed by atoms with E-state index in [0.717, 1.165) is 11.8 Å². The third-order valence-electron chi connectivity index (χ3n) is 6.25. The molecule has 0 fully saturated rings. The molecule has 0 aromatic heterocycles. The smallest absolute Gasteiger partial charge is 0.338 e. The lowest BCUT2D eigenvalue weighted by atomic mass is 9.81. The Morgan fingerprint density at radius 3 is 2.21 bits per heavy atom. The molecule has 2 N–H and O–H groups in total. The fourth-order valence-corrected chi connectivity index (χ4v) is 5.50. The lowest BCUT2D eigenvalue weighted by Gasteiger charge is -2.31. The molecule has 1 atom stereocenters. The summed E-state index contributed by atoms with van der Waals surface area (Å²) in [5.74, 6) is -2.22. The number of nitrogens with zero attached hydrogens (tertiary/aromatic N) is 1. The number of halogens is 1. The number of carbonyl (C=O) groups is 3. The van der Waals surface area contributed by atoms with Gasteiger partial charge in [0.15, 0.2) is 0 Å². The van der Waals surface area contributed by atoms with Gasteiger partial charge in [0.25, 0.3) is 0 Å². The Labute approximate surface area is 253 Å². The number of nitriles is 1. The monoisotopic (exact) mass is 601 g/mol. The molecule has 10 heteroatoms. The molecule has 0 unspecified atom stereocenters. The number of esters is 2. The number of allylic oxidation sites excluding steroid dienone is 1. The van der Waals surface area contributed by atoms with Gasteiger partial charge in [-0.3, -0.25) is 4.79 Å². The minimum Gasteiger partial charge on any atom is -0.463 e. The molecule has 0 saturated heterocycles. The number of benzene rings is 3. The molecule has 3 aromatic rings. The molecular weight excluding hydrogens is 574 g/mol. The average molecular weight is 602 g/mol. The Morgan fingerprint density at radius 1 is 0.929 bits per heavy atom. The fourth-order valence-electron chi connectivity index (χ4n) is 4.42. The van der Waals surface area contributed by atoms with E-state index >= 15 is 0 Å². The van der Waals surface area contributed by atoms with Gasteiger partial charge in [0.05, 0.1) is 58.4 Å². The molecule has 1 aliphatic rings. The number of anilines is 1. The van der Waals surface area contributed by atoms with Gasteiger partial charge in [-0.2, -0.15) is 5.26 Å². The highest BCUT2D eigenvalue weighted by Crippen LogP contribution is 2.45. The Morgan fingerprint density at radius 2 is 1.57 bits per heavy atom. The van der Waals surface area contributed by atoms with Crippen LogP contribution in [0.1, 0.15) is 41.3 Å². The van der Waals surface area contributed by atoms with Gasteiger partial charge in [-0.15, -0.1) is 0 Å². The molecule has 1 amide bonds. The summed E-state index contributed by atoms with van der Waals surface area (Å²) in [6, 6.07) is 24.9. The first-order chi connectivity index (χ1) is 20.4. The zero-order chi connectivity index (χ0) is 30.1. The first-order valence-corrected chi connectivity index (χ1v) is 14.6. The van der Waals surface area contributed by atoms with Gasteiger partial charge in [-0.05, 0) is 55.3 Å². The maximum absolute atomic E-state index is 13.4. The predicted molar refractivity (Wildman–Crippen MR) is 163 cm³/mol. The minimum absolute atomic E-state index is 0.0425. The van der Waals surface area contributed by atoms with Crippen molar-refractivity contribution in [2.75, 3.05) is 24.3 Å². The van der Waals surface area contributed by atoms with Gasteiger partial charge in [0, 0.05) is 10.7 Å². The third kappa shape index (κ3) is 7.03. The lowest BCUT2D eigenvalue weighted by molar-refractivity contribution is -0.138. The molecular formula is C32H28ClN3O5S. The molecule has 1 heterocycles. The molecule has 0 bridgehead atoms. The maximum Gasteiger partial charge on any atom is 0.338 e. The molecule has 1 aliphatic heterocycles. The number of rotatable bonds is 10. The van der Waals surface area contributed by atoms with Crippen molar-refractivity contribution < 1.29 is 23.9 Å². The molecule has 0 aliphatic carbocycles. The van der Waals surface area contributed by atoms with E-state index in [1.165, 1.54) is 0 Å². The van der Waals surface area contributed by atoms with Gasteiger partial charge in [-0.25, -0.2) is 9.59 Å². The molecule has 4 rings (SSSR count). The van der Waals surface area contributed by atoms with Crippen molar-refractivity contribution in [3.63, 3.8) is 0 Å². The quantitative estimate of drug-likeness (QED) is 0.261. The molecule has 0 radical (unpaired) electrons. The van der Waals surface area contributed by atoms with Crippen LogP contribution in [-0.4, -0.2) is 36.8 Å². The van der Waals surface area contributed by atoms with Crippen molar-refractivity contribution in [1.82, 2.24) is 5.32 Å². The number of carbonyl (C=O) groups excluding carboxylic acids is 3. The number of amides is 1. The summed E-state index contributed by atoms with van der Waals surface area (Å²) in [7, 11) is 0. The van der Waals surface area contributed by atoms with Crippen molar-refractivity contribution in [2.45, 2.75) is 19.8 Å². The fraction of sp³-hybridized carbons (Fsp3) is 0.188. The van der Waals surface area contributed by atoms with E-state index in [-0.39, 0.29) is 36.0 Å². The number of hydrogen-bond acceptors (Lipinski definition) is 8. The summed E-state index contributed by atoms with van der Waals surface area (Å²) in [5.41, 5.74) is 3.11. The van der Waals surface area contributed by atoms with Crippen LogP contribution in [0.4, 0.5) is 5.69 Å². The lowest BCUT2D eigenvalue weighted by Crippen LogP contribution is -2.30. The van der Waals surface area contributed by atoms with E-state index in [9.17, 15) is 19.6 Å². The van der Waals surface area contributed by atoms with Crippen LogP contribution in [0.3, 0.4) is 0 Å². The Hall–Kier alpha value is -4.52. The second kappa shape index (κ2) is 14.4. The van der Waals surface area contributed by atoms with Gasteiger partial charge in [0.2, 0.25) is 5.91 Å². The van der Waals surface area contributed by atoms with Gasteiger partial charge in [0.1, 0.15) is 0 Å². The van der Waals surface area contributed by atoms with E-state index in [2.05, 4.69) is 16.7 Å². The van der Waals surface area contributed by atoms with Crippen LogP contribution in [0.25, 0.3) is 5.70 Å². The number of ether oxygens (including phenoxy) is 2. The Bertz CT molecular complexity index is 1580. The normalized spacial score (nSPS) is 14.5. The van der Waals surface area contributed by atoms with E-state index in [4.69, 9.17) is 21.1 Å². The second-order valence-electron chi connectivity index (χ2n) is 8.94. The SMILES string of the molecule is CCOC(=O)C1=C(c2ccccc2)NC(SCC(=O)Nc2ccc(C(=O)OCC)cc2)=C(C#N)[C@@H]1c1ccccc1Cl. The van der Waals surface area contributed by atoms with Gasteiger partial charge in [-0.1, -0.05) is 71.9 Å². The van der Waals surface area contributed by atoms with Crippen LogP contribution >= 0.6 is 23.4 Å². The summed E-state index contributed by atoms with van der Waals surface area (Å²) >= 11 is 7.74. The molecule has 0 spiro atoms. The van der Waals surface area contributed by atoms with Crippen molar-refractivity contribution >= 4 is 52.6 Å². The van der Waals surface area contributed by atoms with Crippen LogP contribution in [-0.2, 0) is 19.1 Å². The topological polar surface area (TPSA) is 118 Å². The van der Waals surface area contributed by atoms with E-state index in [0.29, 0.717) is 38.1 Å². The average Bonchev–Trinajstić information content (AvgIpc) is 3.00. The number of thioether (sulfide) groups is 1. The van der Waals surface area contributed by atoms with Crippen molar-refractivity contribution in [3.05, 3.63) is 117 Å². The summed E-state index contributed by atoms with van der Waals surface area (Å²) in [6.45, 7) is 3.86. The van der Waals surface area contributed by atoms with Crippen molar-refractivity contribution in [3.8, 4) is 6.07 Å². The van der Waals surface area contributed by atoms with Crippen LogP contribution in [0.2, 0.25) is 5.02 Å². The second-order valence-corrected chi connectivity index (χ2v) is 10.3. The van der Waals surface area contributed by atoms with Crippen LogP contribution < -0.4 is 10.6 Å². The highest BCUT2D eigenvalue weighted by molar-refractivity contribution is 8.03. The molecule has 8 nitrogen and oxygen atoms in total. The van der Waals surface area contributed by atoms with Crippen LogP contribution in [0.15, 0.2) is 95.0 Å². The number of dihydropyridines is 1. The highest BCUT2D eigenvalue weighted by atomic mass is 35.5. The highest BCUT2D eigenvalue weighted by Gasteiger charge is 2.38. The summed E-state index contributed by atoms with van der Waals surface area (Å²) in [4.78, 5) is 38.2. The summed E-state index contributed by atoms with van der Waals surface area (Å²) in [5, 5.41) is 17.2. The number of nitrogens with one attached hydrogen (secondary N) is 2. The standard InChI is InChI=1S/C32H28ClN3O5S/c1-3-40-31(38)21-14-16-22(17-15-21)35-26(37)19-42-30-24(18-34)27(23-12-8-9-13-25(23)33)28(32(39)41-4-2)29(36-30)20-10-6-5-7-11-20/h5-17,27,36H,3-4,19H2,1-2H3,(H,35,37)/t27-/m0/s1. The molecule has 42 heavy (non-hydrogen) atoms. The molecule has 214 valence electrons. The Kier molecular flexibility index (Phi) is 10.4.